The Morgan fingerprint density at radius 2 is 1.79 bits per heavy atom. The van der Waals surface area contributed by atoms with E-state index in [1.54, 1.807) is 0 Å². The zero-order chi connectivity index (χ0) is 10.6. The van der Waals surface area contributed by atoms with Gasteiger partial charge in [0, 0.05) is 4.47 Å². The van der Waals surface area contributed by atoms with E-state index in [1.165, 1.54) is 5.56 Å². The van der Waals surface area contributed by atoms with Gasteiger partial charge in [0.2, 0.25) is 0 Å². The molecule has 1 nitrogen and oxygen atoms in total. The van der Waals surface area contributed by atoms with Crippen molar-refractivity contribution < 1.29 is 0 Å². The summed E-state index contributed by atoms with van der Waals surface area (Å²) >= 11 is 3.44. The first-order valence-corrected chi connectivity index (χ1v) is 5.82. The third kappa shape index (κ3) is 3.10. The maximum atomic E-state index is 5.53. The van der Waals surface area contributed by atoms with E-state index < -0.39 is 0 Å². The summed E-state index contributed by atoms with van der Waals surface area (Å²) in [6, 6.07) is 8.56. The molecule has 0 atom stereocenters. The quantitative estimate of drug-likeness (QED) is 0.877. The first kappa shape index (κ1) is 11.7. The highest BCUT2D eigenvalue weighted by Crippen LogP contribution is 2.28. The largest absolute Gasteiger partial charge is 0.330 e. The van der Waals surface area contributed by atoms with Crippen LogP contribution in [0.15, 0.2) is 28.7 Å². The van der Waals surface area contributed by atoms with Crippen LogP contribution in [0.4, 0.5) is 0 Å². The van der Waals surface area contributed by atoms with E-state index in [0.717, 1.165) is 23.9 Å². The maximum absolute atomic E-state index is 5.53. The number of rotatable bonds is 4. The van der Waals surface area contributed by atoms with E-state index in [-0.39, 0.29) is 5.41 Å². The Hall–Kier alpha value is -0.340. The zero-order valence-corrected chi connectivity index (χ0v) is 10.5. The van der Waals surface area contributed by atoms with Crippen LogP contribution in [0.3, 0.4) is 0 Å². The summed E-state index contributed by atoms with van der Waals surface area (Å²) in [6.45, 7) is 5.32. The Bertz CT molecular complexity index is 277. The van der Waals surface area contributed by atoms with Crippen LogP contribution in [-0.2, 0) is 5.41 Å². The molecular formula is C12H18BrN. The molecular weight excluding hydrogens is 238 g/mol. The van der Waals surface area contributed by atoms with Gasteiger partial charge in [0.25, 0.3) is 0 Å². The first-order valence-electron chi connectivity index (χ1n) is 5.02. The molecule has 78 valence electrons. The van der Waals surface area contributed by atoms with Gasteiger partial charge < -0.3 is 5.73 Å². The average Bonchev–Trinajstić information content (AvgIpc) is 2.16. The molecule has 0 aliphatic carbocycles. The fourth-order valence-electron chi connectivity index (χ4n) is 1.59. The Kier molecular flexibility index (Phi) is 4.14. The number of nitrogens with two attached hydrogens (primary N) is 1. The highest BCUT2D eigenvalue weighted by molar-refractivity contribution is 9.10. The van der Waals surface area contributed by atoms with E-state index in [1.807, 2.05) is 0 Å². The van der Waals surface area contributed by atoms with Gasteiger partial charge >= 0.3 is 0 Å². The Labute approximate surface area is 94.8 Å². The van der Waals surface area contributed by atoms with Crippen molar-refractivity contribution in [2.75, 3.05) is 6.54 Å². The molecule has 0 unspecified atom stereocenters. The molecule has 0 amide bonds. The summed E-state index contributed by atoms with van der Waals surface area (Å²) in [5, 5.41) is 0. The molecule has 0 saturated heterocycles. The van der Waals surface area contributed by atoms with Crippen LogP contribution < -0.4 is 5.73 Å². The van der Waals surface area contributed by atoms with Crippen LogP contribution in [0, 0.1) is 0 Å². The first-order chi connectivity index (χ1) is 6.56. The van der Waals surface area contributed by atoms with E-state index in [9.17, 15) is 0 Å². The van der Waals surface area contributed by atoms with Crippen molar-refractivity contribution in [2.24, 2.45) is 5.73 Å². The smallest absolute Gasteiger partial charge is 0.0175 e. The van der Waals surface area contributed by atoms with Crippen LogP contribution in [-0.4, -0.2) is 6.54 Å². The highest BCUT2D eigenvalue weighted by atomic mass is 79.9. The molecule has 2 heteroatoms. The van der Waals surface area contributed by atoms with Gasteiger partial charge in [-0.15, -0.1) is 0 Å². The normalized spacial score (nSPS) is 11.7. The molecule has 0 aromatic heterocycles. The van der Waals surface area contributed by atoms with Crippen LogP contribution in [0.25, 0.3) is 0 Å². The van der Waals surface area contributed by atoms with Crippen LogP contribution in [0.2, 0.25) is 0 Å². The van der Waals surface area contributed by atoms with Gasteiger partial charge in [0.1, 0.15) is 0 Å². The Balaban J connectivity index is 2.75. The van der Waals surface area contributed by atoms with Gasteiger partial charge in [-0.25, -0.2) is 0 Å². The topological polar surface area (TPSA) is 26.0 Å². The lowest BCUT2D eigenvalue weighted by molar-refractivity contribution is 0.465. The second-order valence-corrected chi connectivity index (χ2v) is 5.20. The van der Waals surface area contributed by atoms with E-state index in [4.69, 9.17) is 5.73 Å². The van der Waals surface area contributed by atoms with Gasteiger partial charge in [-0.1, -0.05) is 41.9 Å². The minimum atomic E-state index is 0.236. The lowest BCUT2D eigenvalue weighted by Crippen LogP contribution is -2.18. The second kappa shape index (κ2) is 4.94. The molecule has 0 heterocycles. The summed E-state index contributed by atoms with van der Waals surface area (Å²) < 4.78 is 1.14. The van der Waals surface area contributed by atoms with E-state index >= 15 is 0 Å². The van der Waals surface area contributed by atoms with Gasteiger partial charge in [-0.05, 0) is 42.5 Å². The van der Waals surface area contributed by atoms with Gasteiger partial charge in [-0.2, -0.15) is 0 Å². The molecule has 1 rings (SSSR count). The minimum absolute atomic E-state index is 0.236. The molecule has 1 aromatic rings. The summed E-state index contributed by atoms with van der Waals surface area (Å²) in [5.41, 5.74) is 7.15. The van der Waals surface area contributed by atoms with Gasteiger partial charge in [0.15, 0.2) is 0 Å². The molecule has 0 fully saturated rings. The minimum Gasteiger partial charge on any atom is -0.330 e. The Morgan fingerprint density at radius 3 is 2.29 bits per heavy atom. The van der Waals surface area contributed by atoms with Gasteiger partial charge in [-0.3, -0.25) is 0 Å². The molecule has 2 N–H and O–H groups in total. The number of hydrogen-bond donors (Lipinski definition) is 1. The fourth-order valence-corrected chi connectivity index (χ4v) is 1.85. The molecule has 0 aliphatic rings. The van der Waals surface area contributed by atoms with Crippen molar-refractivity contribution in [3.63, 3.8) is 0 Å². The summed E-state index contributed by atoms with van der Waals surface area (Å²) in [7, 11) is 0. The molecule has 1 aromatic carbocycles. The van der Waals surface area contributed by atoms with Crippen LogP contribution in [0.5, 0.6) is 0 Å². The van der Waals surface area contributed by atoms with Crippen molar-refractivity contribution >= 4 is 15.9 Å². The number of benzene rings is 1. The molecule has 0 spiro atoms. The van der Waals surface area contributed by atoms with Crippen LogP contribution in [0.1, 0.15) is 32.3 Å². The third-order valence-corrected chi connectivity index (χ3v) is 3.16. The van der Waals surface area contributed by atoms with Crippen LogP contribution >= 0.6 is 15.9 Å². The number of hydrogen-bond acceptors (Lipinski definition) is 1. The lowest BCUT2D eigenvalue weighted by Gasteiger charge is -2.25. The monoisotopic (exact) mass is 255 g/mol. The summed E-state index contributed by atoms with van der Waals surface area (Å²) in [4.78, 5) is 0. The van der Waals surface area contributed by atoms with Crippen molar-refractivity contribution in [3.8, 4) is 0 Å². The van der Waals surface area contributed by atoms with Gasteiger partial charge in [0.05, 0.1) is 0 Å². The van der Waals surface area contributed by atoms with E-state index in [0.29, 0.717) is 0 Å². The van der Waals surface area contributed by atoms with Crippen molar-refractivity contribution in [1.29, 1.82) is 0 Å². The third-order valence-electron chi connectivity index (χ3n) is 2.63. The highest BCUT2D eigenvalue weighted by Gasteiger charge is 2.19. The SMILES string of the molecule is CC(C)(CCCN)c1ccc(Br)cc1. The molecule has 14 heavy (non-hydrogen) atoms. The van der Waals surface area contributed by atoms with Crippen molar-refractivity contribution in [1.82, 2.24) is 0 Å². The average molecular weight is 256 g/mol. The molecule has 0 bridgehead atoms. The second-order valence-electron chi connectivity index (χ2n) is 4.28. The molecule has 0 saturated carbocycles. The zero-order valence-electron chi connectivity index (χ0n) is 8.89. The maximum Gasteiger partial charge on any atom is 0.0175 e. The summed E-state index contributed by atoms with van der Waals surface area (Å²) in [5.74, 6) is 0. The summed E-state index contributed by atoms with van der Waals surface area (Å²) in [6.07, 6.45) is 2.23. The Morgan fingerprint density at radius 1 is 1.21 bits per heavy atom. The fraction of sp³-hybridized carbons (Fsp3) is 0.500. The molecule has 0 aliphatic heterocycles. The predicted molar refractivity (Wildman–Crippen MR) is 65.5 cm³/mol. The predicted octanol–water partition coefficient (Wildman–Crippen LogP) is 3.47. The number of halogens is 1. The standard InChI is InChI=1S/C12H18BrN/c1-12(2,8-3-9-14)10-4-6-11(13)7-5-10/h4-7H,3,8-9,14H2,1-2H3. The van der Waals surface area contributed by atoms with E-state index in [2.05, 4.69) is 54.0 Å². The molecule has 0 radical (unpaired) electrons. The van der Waals surface area contributed by atoms with Crippen molar-refractivity contribution in [3.05, 3.63) is 34.3 Å². The van der Waals surface area contributed by atoms with Crippen molar-refractivity contribution in [2.45, 2.75) is 32.1 Å². The lowest BCUT2D eigenvalue weighted by atomic mass is 9.81.